The molecule has 0 radical (unpaired) electrons. The van der Waals surface area contributed by atoms with E-state index in [4.69, 9.17) is 5.11 Å². The minimum atomic E-state index is -2.43. The van der Waals surface area contributed by atoms with Crippen molar-refractivity contribution in [2.75, 3.05) is 0 Å². The van der Waals surface area contributed by atoms with Gasteiger partial charge in [-0.05, 0) is 34.4 Å². The first-order valence-electron chi connectivity index (χ1n) is 5.18. The summed E-state index contributed by atoms with van der Waals surface area (Å²) in [7, 11) is -2.43. The molecule has 90 valence electrons. The van der Waals surface area contributed by atoms with E-state index in [9.17, 15) is 14.3 Å². The van der Waals surface area contributed by atoms with Crippen LogP contribution in [0.2, 0.25) is 0 Å². The lowest BCUT2D eigenvalue weighted by atomic mass is 10.0. The van der Waals surface area contributed by atoms with E-state index in [1.54, 1.807) is 36.4 Å². The van der Waals surface area contributed by atoms with Crippen molar-refractivity contribution >= 4 is 19.3 Å². The van der Waals surface area contributed by atoms with Crippen molar-refractivity contribution in [1.82, 2.24) is 0 Å². The SMILES string of the molecule is O=C(O)c1ccc(-c2ccccc2[P+](=O)O)cc1. The van der Waals surface area contributed by atoms with Crippen LogP contribution in [0.25, 0.3) is 11.1 Å². The first kappa shape index (κ1) is 12.4. The summed E-state index contributed by atoms with van der Waals surface area (Å²) in [5.41, 5.74) is 1.54. The number of aromatic carboxylic acids is 1. The van der Waals surface area contributed by atoms with E-state index in [1.165, 1.54) is 12.1 Å². The summed E-state index contributed by atoms with van der Waals surface area (Å²) in [5, 5.41) is 9.15. The molecule has 18 heavy (non-hydrogen) atoms. The zero-order valence-corrected chi connectivity index (χ0v) is 10.2. The van der Waals surface area contributed by atoms with Crippen molar-refractivity contribution in [3.8, 4) is 11.1 Å². The molecular weight excluding hydrogens is 251 g/mol. The molecule has 0 saturated carbocycles. The van der Waals surface area contributed by atoms with Crippen LogP contribution in [-0.2, 0) is 4.57 Å². The first-order chi connectivity index (χ1) is 8.59. The van der Waals surface area contributed by atoms with Crippen LogP contribution in [0, 0.1) is 0 Å². The maximum Gasteiger partial charge on any atom is 0.546 e. The highest BCUT2D eigenvalue weighted by molar-refractivity contribution is 7.47. The lowest BCUT2D eigenvalue weighted by Gasteiger charge is -2.01. The molecule has 0 amide bonds. The highest BCUT2D eigenvalue weighted by atomic mass is 31.1. The second kappa shape index (κ2) is 5.08. The van der Waals surface area contributed by atoms with E-state index in [0.717, 1.165) is 0 Å². The Morgan fingerprint density at radius 3 is 2.17 bits per heavy atom. The van der Waals surface area contributed by atoms with Gasteiger partial charge in [0, 0.05) is 5.56 Å². The molecule has 2 aromatic carbocycles. The molecule has 1 unspecified atom stereocenters. The number of carboxylic acids is 1. The minimum absolute atomic E-state index is 0.185. The van der Waals surface area contributed by atoms with E-state index in [0.29, 0.717) is 16.4 Å². The standard InChI is InChI=1S/C13H9O4P/c14-13(15)10-7-5-9(6-8-10)11-3-1-2-4-12(11)18(16)17/h1-8H,(H-,14,15,16,17)/p+1. The average molecular weight is 261 g/mol. The Morgan fingerprint density at radius 2 is 1.61 bits per heavy atom. The number of carbonyl (C=O) groups is 1. The molecular formula is C13H10O4P+. The summed E-state index contributed by atoms with van der Waals surface area (Å²) < 4.78 is 11.2. The van der Waals surface area contributed by atoms with Gasteiger partial charge in [-0.15, -0.1) is 0 Å². The topological polar surface area (TPSA) is 74.6 Å². The predicted octanol–water partition coefficient (Wildman–Crippen LogP) is 2.41. The molecule has 0 fully saturated rings. The van der Waals surface area contributed by atoms with Crippen LogP contribution in [-0.4, -0.2) is 16.0 Å². The molecule has 0 bridgehead atoms. The van der Waals surface area contributed by atoms with Gasteiger partial charge in [-0.2, -0.15) is 4.89 Å². The van der Waals surface area contributed by atoms with Gasteiger partial charge in [-0.1, -0.05) is 24.3 Å². The van der Waals surface area contributed by atoms with Crippen LogP contribution in [0.3, 0.4) is 0 Å². The lowest BCUT2D eigenvalue weighted by Crippen LogP contribution is -2.01. The minimum Gasteiger partial charge on any atom is -0.478 e. The highest BCUT2D eigenvalue weighted by Gasteiger charge is 2.21. The van der Waals surface area contributed by atoms with E-state index < -0.39 is 14.0 Å². The molecule has 0 aromatic heterocycles. The van der Waals surface area contributed by atoms with Crippen molar-refractivity contribution in [1.29, 1.82) is 0 Å². The van der Waals surface area contributed by atoms with Crippen LogP contribution in [0.1, 0.15) is 10.4 Å². The molecule has 0 aliphatic heterocycles. The fraction of sp³-hybridized carbons (Fsp3) is 0. The second-order valence-corrected chi connectivity index (χ2v) is 4.70. The van der Waals surface area contributed by atoms with Gasteiger partial charge in [0.05, 0.1) is 5.56 Å². The number of benzene rings is 2. The summed E-state index contributed by atoms with van der Waals surface area (Å²) in [4.78, 5) is 20.0. The quantitative estimate of drug-likeness (QED) is 0.832. The van der Waals surface area contributed by atoms with Gasteiger partial charge in [0.1, 0.15) is 0 Å². The third-order valence-electron chi connectivity index (χ3n) is 2.55. The maximum absolute atomic E-state index is 11.2. The molecule has 0 spiro atoms. The fourth-order valence-corrected chi connectivity index (χ4v) is 2.30. The van der Waals surface area contributed by atoms with Gasteiger partial charge in [0.2, 0.25) is 5.30 Å². The Morgan fingerprint density at radius 1 is 1.00 bits per heavy atom. The summed E-state index contributed by atoms with van der Waals surface area (Å²) in [6, 6.07) is 13.0. The second-order valence-electron chi connectivity index (χ2n) is 3.67. The van der Waals surface area contributed by atoms with Crippen molar-refractivity contribution in [3.05, 3.63) is 54.1 Å². The monoisotopic (exact) mass is 261 g/mol. The van der Waals surface area contributed by atoms with Crippen LogP contribution in [0.4, 0.5) is 0 Å². The van der Waals surface area contributed by atoms with Crippen LogP contribution in [0.5, 0.6) is 0 Å². The van der Waals surface area contributed by atoms with Crippen molar-refractivity contribution < 1.29 is 19.4 Å². The molecule has 2 rings (SSSR count). The van der Waals surface area contributed by atoms with Gasteiger partial charge in [0.15, 0.2) is 0 Å². The fourth-order valence-electron chi connectivity index (χ4n) is 1.68. The number of hydrogen-bond acceptors (Lipinski definition) is 2. The van der Waals surface area contributed by atoms with Crippen LogP contribution >= 0.6 is 8.03 Å². The first-order valence-corrected chi connectivity index (χ1v) is 6.39. The Kier molecular flexibility index (Phi) is 3.51. The van der Waals surface area contributed by atoms with E-state index in [-0.39, 0.29) is 5.56 Å². The molecule has 4 nitrogen and oxygen atoms in total. The highest BCUT2D eigenvalue weighted by Crippen LogP contribution is 2.25. The smallest absolute Gasteiger partial charge is 0.478 e. The normalized spacial score (nSPS) is 11.1. The predicted molar refractivity (Wildman–Crippen MR) is 68.3 cm³/mol. The Balaban J connectivity index is 2.49. The summed E-state index contributed by atoms with van der Waals surface area (Å²) in [5.74, 6) is -0.997. The molecule has 0 heterocycles. The van der Waals surface area contributed by atoms with E-state index in [2.05, 4.69) is 0 Å². The van der Waals surface area contributed by atoms with E-state index >= 15 is 0 Å². The zero-order valence-electron chi connectivity index (χ0n) is 9.28. The Bertz CT molecular complexity index is 605. The Hall–Kier alpha value is -2.03. The molecule has 2 aromatic rings. The maximum atomic E-state index is 11.2. The number of rotatable bonds is 3. The summed E-state index contributed by atoms with van der Waals surface area (Å²) >= 11 is 0. The van der Waals surface area contributed by atoms with Crippen molar-refractivity contribution in [3.63, 3.8) is 0 Å². The van der Waals surface area contributed by atoms with Gasteiger partial charge in [-0.25, -0.2) is 4.79 Å². The van der Waals surface area contributed by atoms with Gasteiger partial charge in [-0.3, -0.25) is 0 Å². The number of carboxylic acid groups (broad SMARTS) is 1. The molecule has 5 heteroatoms. The Labute approximate surface area is 104 Å². The van der Waals surface area contributed by atoms with Gasteiger partial charge in [0.25, 0.3) is 0 Å². The average Bonchev–Trinajstić information content (AvgIpc) is 2.39. The molecule has 0 saturated heterocycles. The molecule has 0 aliphatic carbocycles. The molecule has 0 aliphatic rings. The lowest BCUT2D eigenvalue weighted by molar-refractivity contribution is 0.0697. The van der Waals surface area contributed by atoms with Crippen molar-refractivity contribution in [2.45, 2.75) is 0 Å². The van der Waals surface area contributed by atoms with E-state index in [1.807, 2.05) is 0 Å². The van der Waals surface area contributed by atoms with Crippen LogP contribution < -0.4 is 5.30 Å². The van der Waals surface area contributed by atoms with Crippen molar-refractivity contribution in [2.24, 2.45) is 0 Å². The van der Waals surface area contributed by atoms with Crippen LogP contribution in [0.15, 0.2) is 48.5 Å². The summed E-state index contributed by atoms with van der Waals surface area (Å²) in [6.07, 6.45) is 0. The zero-order chi connectivity index (χ0) is 13.1. The third kappa shape index (κ3) is 2.45. The molecule has 1 atom stereocenters. The largest absolute Gasteiger partial charge is 0.546 e. The number of hydrogen-bond donors (Lipinski definition) is 2. The molecule has 2 N–H and O–H groups in total. The third-order valence-corrected chi connectivity index (χ3v) is 3.36. The van der Waals surface area contributed by atoms with Gasteiger partial charge < -0.3 is 5.11 Å². The summed E-state index contributed by atoms with van der Waals surface area (Å²) in [6.45, 7) is 0. The van der Waals surface area contributed by atoms with Gasteiger partial charge >= 0.3 is 14.0 Å².